The van der Waals surface area contributed by atoms with Crippen LogP contribution >= 0.6 is 0 Å². The van der Waals surface area contributed by atoms with Crippen LogP contribution in [0.5, 0.6) is 0 Å². The largest absolute Gasteiger partial charge is 0.465 e. The molecule has 1 aromatic heterocycles. The van der Waals surface area contributed by atoms with Crippen molar-refractivity contribution in [3.8, 4) is 0 Å². The zero-order valence-electron chi connectivity index (χ0n) is 12.5. The lowest BCUT2D eigenvalue weighted by Gasteiger charge is -2.06. The number of fused-ring (bicyclic) bond motifs is 1. The first-order chi connectivity index (χ1) is 10.7. The molecule has 0 unspecified atom stereocenters. The number of carbonyl (C=O) groups is 2. The second-order valence-corrected chi connectivity index (χ2v) is 4.63. The van der Waals surface area contributed by atoms with E-state index in [-0.39, 0.29) is 12.5 Å². The number of esters is 1. The Morgan fingerprint density at radius 2 is 2.18 bits per heavy atom. The Bertz CT molecular complexity index is 668. The Morgan fingerprint density at radius 1 is 1.36 bits per heavy atom. The van der Waals surface area contributed by atoms with Gasteiger partial charge in [0.25, 0.3) is 5.91 Å². The predicted molar refractivity (Wildman–Crippen MR) is 78.2 cm³/mol. The van der Waals surface area contributed by atoms with Crippen LogP contribution in [0.2, 0.25) is 0 Å². The number of amides is 1. The second-order valence-electron chi connectivity index (χ2n) is 4.63. The molecule has 22 heavy (non-hydrogen) atoms. The minimum Gasteiger partial charge on any atom is -0.465 e. The molecule has 1 amide bonds. The quantitative estimate of drug-likeness (QED) is 0.593. The molecule has 1 N–H and O–H groups in total. The Labute approximate surface area is 127 Å². The smallest absolute Gasteiger partial charge is 0.337 e. The highest BCUT2D eigenvalue weighted by Crippen LogP contribution is 2.13. The molecule has 0 atom stereocenters. The fraction of sp³-hybridized carbons (Fsp3) is 0.429. The lowest BCUT2D eigenvalue weighted by atomic mass is 10.2. The summed E-state index contributed by atoms with van der Waals surface area (Å²) in [5.74, 6) is -0.701. The number of nitrogens with zero attached hydrogens (tertiary/aromatic N) is 3. The maximum absolute atomic E-state index is 11.6. The van der Waals surface area contributed by atoms with E-state index in [4.69, 9.17) is 4.84 Å². The minimum atomic E-state index is -0.466. The van der Waals surface area contributed by atoms with Crippen molar-refractivity contribution >= 4 is 22.9 Å². The third kappa shape index (κ3) is 3.72. The summed E-state index contributed by atoms with van der Waals surface area (Å²) < 4.78 is 4.66. The van der Waals surface area contributed by atoms with Crippen molar-refractivity contribution in [1.82, 2.24) is 20.5 Å². The summed E-state index contributed by atoms with van der Waals surface area (Å²) >= 11 is 0. The number of ether oxygens (including phenoxy) is 1. The molecule has 0 bridgehead atoms. The van der Waals surface area contributed by atoms with Crippen molar-refractivity contribution in [1.29, 1.82) is 0 Å². The number of rotatable bonds is 7. The summed E-state index contributed by atoms with van der Waals surface area (Å²) in [5, 5.41) is 10.4. The van der Waals surface area contributed by atoms with Crippen molar-refractivity contribution in [2.45, 2.75) is 19.8 Å². The summed E-state index contributed by atoms with van der Waals surface area (Å²) in [6, 6.07) is 4.77. The SMILES string of the molecule is CCCCNC(=O)COn1nnc2ccc(C(=O)OC)cc21. The van der Waals surface area contributed by atoms with Gasteiger partial charge in [-0.1, -0.05) is 18.2 Å². The van der Waals surface area contributed by atoms with Gasteiger partial charge in [-0.15, -0.1) is 5.10 Å². The van der Waals surface area contributed by atoms with Crippen molar-refractivity contribution in [2.24, 2.45) is 0 Å². The predicted octanol–water partition coefficient (Wildman–Crippen LogP) is 0.563. The summed E-state index contributed by atoms with van der Waals surface area (Å²) in [6.45, 7) is 2.48. The van der Waals surface area contributed by atoms with Crippen LogP contribution in [0.4, 0.5) is 0 Å². The van der Waals surface area contributed by atoms with E-state index in [9.17, 15) is 9.59 Å². The molecule has 2 rings (SSSR count). The Hall–Kier alpha value is -2.64. The van der Waals surface area contributed by atoms with Crippen molar-refractivity contribution in [3.05, 3.63) is 23.8 Å². The summed E-state index contributed by atoms with van der Waals surface area (Å²) in [5.41, 5.74) is 1.40. The third-order valence-electron chi connectivity index (χ3n) is 3.01. The number of methoxy groups -OCH3 is 1. The van der Waals surface area contributed by atoms with Crippen LogP contribution in [0.1, 0.15) is 30.1 Å². The average Bonchev–Trinajstić information content (AvgIpc) is 2.94. The number of nitrogens with one attached hydrogen (secondary N) is 1. The average molecular weight is 306 g/mol. The van der Waals surface area contributed by atoms with E-state index in [1.165, 1.54) is 7.11 Å². The van der Waals surface area contributed by atoms with Gasteiger partial charge < -0.3 is 14.9 Å². The molecule has 1 heterocycles. The van der Waals surface area contributed by atoms with Gasteiger partial charge in [0.1, 0.15) is 11.0 Å². The van der Waals surface area contributed by atoms with Crippen LogP contribution in [0, 0.1) is 0 Å². The van der Waals surface area contributed by atoms with E-state index in [2.05, 4.69) is 20.4 Å². The Kier molecular flexibility index (Phi) is 5.29. The summed E-state index contributed by atoms with van der Waals surface area (Å²) in [4.78, 5) is 29.5. The molecule has 0 saturated heterocycles. The molecule has 8 heteroatoms. The van der Waals surface area contributed by atoms with Crippen LogP contribution in [-0.4, -0.2) is 47.3 Å². The molecule has 0 aliphatic heterocycles. The van der Waals surface area contributed by atoms with Gasteiger partial charge in [0.2, 0.25) is 0 Å². The van der Waals surface area contributed by atoms with Gasteiger partial charge in [0.15, 0.2) is 6.61 Å². The van der Waals surface area contributed by atoms with E-state index >= 15 is 0 Å². The zero-order chi connectivity index (χ0) is 15.9. The number of benzene rings is 1. The normalized spacial score (nSPS) is 10.5. The van der Waals surface area contributed by atoms with Crippen LogP contribution in [0.25, 0.3) is 11.0 Å². The maximum atomic E-state index is 11.6. The molecule has 0 spiro atoms. The maximum Gasteiger partial charge on any atom is 0.337 e. The van der Waals surface area contributed by atoms with Gasteiger partial charge in [0, 0.05) is 6.54 Å². The Morgan fingerprint density at radius 3 is 2.91 bits per heavy atom. The van der Waals surface area contributed by atoms with Crippen molar-refractivity contribution in [2.75, 3.05) is 20.3 Å². The minimum absolute atomic E-state index is 0.176. The number of hydrogen-bond acceptors (Lipinski definition) is 6. The fourth-order valence-electron chi connectivity index (χ4n) is 1.81. The van der Waals surface area contributed by atoms with Gasteiger partial charge >= 0.3 is 5.97 Å². The van der Waals surface area contributed by atoms with Crippen LogP contribution in [0.15, 0.2) is 18.2 Å². The lowest BCUT2D eigenvalue weighted by Crippen LogP contribution is -2.32. The van der Waals surface area contributed by atoms with Gasteiger partial charge in [-0.05, 0) is 29.8 Å². The highest BCUT2D eigenvalue weighted by atomic mass is 16.7. The number of hydrogen-bond donors (Lipinski definition) is 1. The van der Waals surface area contributed by atoms with E-state index in [1.54, 1.807) is 18.2 Å². The van der Waals surface area contributed by atoms with Gasteiger partial charge in [-0.2, -0.15) is 0 Å². The molecule has 0 aliphatic rings. The second kappa shape index (κ2) is 7.39. The zero-order valence-corrected chi connectivity index (χ0v) is 12.5. The third-order valence-corrected chi connectivity index (χ3v) is 3.01. The van der Waals surface area contributed by atoms with Gasteiger partial charge in [-0.25, -0.2) is 4.79 Å². The first-order valence-corrected chi connectivity index (χ1v) is 6.99. The highest BCUT2D eigenvalue weighted by Gasteiger charge is 2.12. The Balaban J connectivity index is 2.05. The molecular weight excluding hydrogens is 288 g/mol. The molecule has 1 aromatic carbocycles. The molecule has 0 radical (unpaired) electrons. The monoisotopic (exact) mass is 306 g/mol. The van der Waals surface area contributed by atoms with Crippen LogP contribution in [0.3, 0.4) is 0 Å². The first kappa shape index (κ1) is 15.7. The molecule has 0 saturated carbocycles. The van der Waals surface area contributed by atoms with Gasteiger partial charge in [0.05, 0.1) is 12.7 Å². The number of unbranched alkanes of at least 4 members (excludes halogenated alkanes) is 1. The number of carbonyl (C=O) groups excluding carboxylic acids is 2. The summed E-state index contributed by atoms with van der Waals surface area (Å²) in [6.07, 6.45) is 1.92. The number of aromatic nitrogens is 3. The van der Waals surface area contributed by atoms with E-state index in [0.29, 0.717) is 23.1 Å². The molecular formula is C14H18N4O4. The van der Waals surface area contributed by atoms with E-state index in [0.717, 1.165) is 17.7 Å². The highest BCUT2D eigenvalue weighted by molar-refractivity contribution is 5.93. The van der Waals surface area contributed by atoms with Crippen LogP contribution < -0.4 is 10.2 Å². The topological polar surface area (TPSA) is 95.3 Å². The van der Waals surface area contributed by atoms with Crippen molar-refractivity contribution in [3.63, 3.8) is 0 Å². The molecule has 0 aliphatic carbocycles. The van der Waals surface area contributed by atoms with Crippen molar-refractivity contribution < 1.29 is 19.2 Å². The van der Waals surface area contributed by atoms with E-state index < -0.39 is 5.97 Å². The van der Waals surface area contributed by atoms with E-state index in [1.807, 2.05) is 6.92 Å². The molecule has 118 valence electrons. The first-order valence-electron chi connectivity index (χ1n) is 6.99. The molecule has 2 aromatic rings. The fourth-order valence-corrected chi connectivity index (χ4v) is 1.81. The molecule has 0 fully saturated rings. The van der Waals surface area contributed by atoms with Crippen LogP contribution in [-0.2, 0) is 9.53 Å². The molecule has 8 nitrogen and oxygen atoms in total. The van der Waals surface area contributed by atoms with Gasteiger partial charge in [-0.3, -0.25) is 4.79 Å². The lowest BCUT2D eigenvalue weighted by molar-refractivity contribution is -0.126. The summed E-state index contributed by atoms with van der Waals surface area (Å²) in [7, 11) is 1.30. The standard InChI is InChI=1S/C14H18N4O4/c1-3-4-7-15-13(19)9-22-18-12-8-10(14(20)21-2)5-6-11(12)16-17-18/h5-6,8H,3-4,7,9H2,1-2H3,(H,15,19).